The summed E-state index contributed by atoms with van der Waals surface area (Å²) in [5.41, 5.74) is 4.34. The lowest BCUT2D eigenvalue weighted by molar-refractivity contribution is 0.949. The Morgan fingerprint density at radius 2 is 2.00 bits per heavy atom. The number of aryl methyl sites for hydroxylation is 1. The first-order valence-corrected chi connectivity index (χ1v) is 5.65. The molecule has 2 heteroatoms. The van der Waals surface area contributed by atoms with Crippen LogP contribution in [0.3, 0.4) is 0 Å². The van der Waals surface area contributed by atoms with E-state index in [0.717, 1.165) is 6.32 Å². The van der Waals surface area contributed by atoms with Crippen molar-refractivity contribution in [3.63, 3.8) is 0 Å². The van der Waals surface area contributed by atoms with Crippen LogP contribution in [0.4, 0.5) is 5.69 Å². The van der Waals surface area contributed by atoms with E-state index < -0.39 is 0 Å². The highest BCUT2D eigenvalue weighted by molar-refractivity contribution is 6.08. The van der Waals surface area contributed by atoms with Crippen LogP contribution < -0.4 is 4.90 Å². The molecule has 1 saturated heterocycles. The Balaban J connectivity index is 2.29. The smallest absolute Gasteiger partial charge is 0.107 e. The quantitative estimate of drug-likeness (QED) is 0.637. The van der Waals surface area contributed by atoms with E-state index in [9.17, 15) is 0 Å². The number of rotatable bonds is 2. The van der Waals surface area contributed by atoms with Crippen LogP contribution in [0.1, 0.15) is 24.0 Å². The molecule has 1 aliphatic heterocycles. The fraction of sp³-hybridized carbons (Fsp3) is 0.500. The topological polar surface area (TPSA) is 3.24 Å². The van der Waals surface area contributed by atoms with Gasteiger partial charge < -0.3 is 4.90 Å². The number of anilines is 1. The van der Waals surface area contributed by atoms with Crippen molar-refractivity contribution in [1.29, 1.82) is 0 Å². The fourth-order valence-electron chi connectivity index (χ4n) is 2.17. The third kappa shape index (κ3) is 1.79. The van der Waals surface area contributed by atoms with E-state index in [0.29, 0.717) is 0 Å². The molecule has 0 radical (unpaired) electrons. The Labute approximate surface area is 87.5 Å². The molecule has 0 atom stereocenters. The molecule has 0 unspecified atom stereocenters. The van der Waals surface area contributed by atoms with Crippen molar-refractivity contribution in [1.82, 2.24) is 0 Å². The van der Waals surface area contributed by atoms with Crippen LogP contribution >= 0.6 is 0 Å². The predicted octanol–water partition coefficient (Wildman–Crippen LogP) is 1.73. The summed E-state index contributed by atoms with van der Waals surface area (Å²) < 4.78 is 0. The molecular formula is C12H18BN. The molecule has 0 amide bonds. The van der Waals surface area contributed by atoms with E-state index in [1.807, 2.05) is 0 Å². The molecule has 2 rings (SSSR count). The summed E-state index contributed by atoms with van der Waals surface area (Å²) in [5, 5.41) is 0. The van der Waals surface area contributed by atoms with Gasteiger partial charge in [-0.3, -0.25) is 0 Å². The van der Waals surface area contributed by atoms with Gasteiger partial charge in [0.2, 0.25) is 0 Å². The molecule has 0 saturated carbocycles. The van der Waals surface area contributed by atoms with E-state index >= 15 is 0 Å². The Hall–Kier alpha value is -0.915. The average molecular weight is 187 g/mol. The number of hydrogen-bond acceptors (Lipinski definition) is 1. The second kappa shape index (κ2) is 4.08. The molecule has 0 N–H and O–H groups in total. The SMILES string of the molecule is BCc1ccc(C)c(N2CCCC2)c1. The Kier molecular flexibility index (Phi) is 2.81. The van der Waals surface area contributed by atoms with Gasteiger partial charge in [-0.05, 0) is 31.4 Å². The van der Waals surface area contributed by atoms with Crippen LogP contribution in [0.5, 0.6) is 0 Å². The van der Waals surface area contributed by atoms with E-state index in [1.165, 1.54) is 42.7 Å². The number of benzene rings is 1. The van der Waals surface area contributed by atoms with Crippen LogP contribution in [0, 0.1) is 6.92 Å². The normalized spacial score (nSPS) is 16.2. The van der Waals surface area contributed by atoms with Gasteiger partial charge in [0.05, 0.1) is 0 Å². The highest BCUT2D eigenvalue weighted by Crippen LogP contribution is 2.25. The summed E-state index contributed by atoms with van der Waals surface area (Å²) in [7, 11) is 2.22. The average Bonchev–Trinajstić information content (AvgIpc) is 2.71. The summed E-state index contributed by atoms with van der Waals surface area (Å²) in [5.74, 6) is 0. The molecule has 1 nitrogen and oxygen atoms in total. The Morgan fingerprint density at radius 3 is 2.64 bits per heavy atom. The minimum Gasteiger partial charge on any atom is -0.371 e. The van der Waals surface area contributed by atoms with Gasteiger partial charge in [0.25, 0.3) is 0 Å². The van der Waals surface area contributed by atoms with Gasteiger partial charge in [-0.25, -0.2) is 0 Å². The maximum absolute atomic E-state index is 2.52. The third-order valence-corrected chi connectivity index (χ3v) is 3.13. The predicted molar refractivity (Wildman–Crippen MR) is 64.9 cm³/mol. The molecule has 0 aromatic heterocycles. The molecule has 1 aromatic carbocycles. The Morgan fingerprint density at radius 1 is 1.29 bits per heavy atom. The second-order valence-corrected chi connectivity index (χ2v) is 4.17. The van der Waals surface area contributed by atoms with Crippen LogP contribution in [-0.4, -0.2) is 20.9 Å². The van der Waals surface area contributed by atoms with E-state index in [2.05, 4.69) is 37.9 Å². The van der Waals surface area contributed by atoms with Gasteiger partial charge in [-0.1, -0.05) is 24.0 Å². The molecule has 0 bridgehead atoms. The van der Waals surface area contributed by atoms with E-state index in [4.69, 9.17) is 0 Å². The number of nitrogens with zero attached hydrogens (tertiary/aromatic N) is 1. The lowest BCUT2D eigenvalue weighted by atomic mass is 9.95. The van der Waals surface area contributed by atoms with Crippen molar-refractivity contribution < 1.29 is 0 Å². The number of hydrogen-bond donors (Lipinski definition) is 0. The minimum absolute atomic E-state index is 1.14. The van der Waals surface area contributed by atoms with Gasteiger partial charge >= 0.3 is 0 Å². The van der Waals surface area contributed by atoms with Crippen LogP contribution in [0.2, 0.25) is 0 Å². The molecular weight excluding hydrogens is 169 g/mol. The van der Waals surface area contributed by atoms with Gasteiger partial charge in [0.1, 0.15) is 7.85 Å². The zero-order chi connectivity index (χ0) is 9.97. The first kappa shape index (κ1) is 9.63. The second-order valence-electron chi connectivity index (χ2n) is 4.17. The van der Waals surface area contributed by atoms with Gasteiger partial charge in [-0.2, -0.15) is 0 Å². The van der Waals surface area contributed by atoms with Crippen molar-refractivity contribution in [3.05, 3.63) is 29.3 Å². The van der Waals surface area contributed by atoms with Gasteiger partial charge in [0, 0.05) is 18.8 Å². The maximum atomic E-state index is 2.52. The highest BCUT2D eigenvalue weighted by atomic mass is 15.1. The molecule has 74 valence electrons. The maximum Gasteiger partial charge on any atom is 0.107 e. The van der Waals surface area contributed by atoms with Crippen molar-refractivity contribution in [2.24, 2.45) is 0 Å². The highest BCUT2D eigenvalue weighted by Gasteiger charge is 2.14. The zero-order valence-electron chi connectivity index (χ0n) is 9.21. The van der Waals surface area contributed by atoms with Gasteiger partial charge in [0.15, 0.2) is 0 Å². The molecule has 1 aromatic rings. The van der Waals surface area contributed by atoms with Crippen LogP contribution in [0.15, 0.2) is 18.2 Å². The summed E-state index contributed by atoms with van der Waals surface area (Å²) in [6, 6.07) is 6.86. The molecule has 0 spiro atoms. The lowest BCUT2D eigenvalue weighted by Crippen LogP contribution is -2.18. The Bertz CT molecular complexity index is 316. The zero-order valence-corrected chi connectivity index (χ0v) is 9.21. The third-order valence-electron chi connectivity index (χ3n) is 3.13. The van der Waals surface area contributed by atoms with Gasteiger partial charge in [-0.15, -0.1) is 0 Å². The van der Waals surface area contributed by atoms with Crippen LogP contribution in [0.25, 0.3) is 0 Å². The minimum atomic E-state index is 1.14. The van der Waals surface area contributed by atoms with Crippen LogP contribution in [-0.2, 0) is 6.32 Å². The van der Waals surface area contributed by atoms with Crippen molar-refractivity contribution in [2.75, 3.05) is 18.0 Å². The summed E-state index contributed by atoms with van der Waals surface area (Å²) in [6.07, 6.45) is 3.85. The van der Waals surface area contributed by atoms with Crippen molar-refractivity contribution in [2.45, 2.75) is 26.1 Å². The van der Waals surface area contributed by atoms with Crippen molar-refractivity contribution in [3.8, 4) is 0 Å². The van der Waals surface area contributed by atoms with Crippen molar-refractivity contribution >= 4 is 13.5 Å². The first-order chi connectivity index (χ1) is 6.81. The van der Waals surface area contributed by atoms with E-state index in [1.54, 1.807) is 0 Å². The standard InChI is InChI=1S/C12H18BN/c1-10-4-5-11(9-13)8-12(10)14-6-2-3-7-14/h4-5,8H,2-3,6-7,9,13H2,1H3. The molecule has 1 aliphatic rings. The largest absolute Gasteiger partial charge is 0.371 e. The monoisotopic (exact) mass is 187 g/mol. The lowest BCUT2D eigenvalue weighted by Gasteiger charge is -2.20. The fourth-order valence-corrected chi connectivity index (χ4v) is 2.17. The molecule has 1 fully saturated rings. The first-order valence-electron chi connectivity index (χ1n) is 5.65. The van der Waals surface area contributed by atoms with E-state index in [-0.39, 0.29) is 0 Å². The molecule has 14 heavy (non-hydrogen) atoms. The summed E-state index contributed by atoms with van der Waals surface area (Å²) >= 11 is 0. The molecule has 1 heterocycles. The summed E-state index contributed by atoms with van der Waals surface area (Å²) in [6.45, 7) is 4.70. The molecule has 0 aliphatic carbocycles. The summed E-state index contributed by atoms with van der Waals surface area (Å²) in [4.78, 5) is 2.52.